The summed E-state index contributed by atoms with van der Waals surface area (Å²) in [4.78, 5) is 15.8. The summed E-state index contributed by atoms with van der Waals surface area (Å²) in [6.45, 7) is 9.45. The van der Waals surface area contributed by atoms with Crippen molar-refractivity contribution in [2.45, 2.75) is 43.4 Å². The molecule has 1 aromatic rings. The molecule has 4 nitrogen and oxygen atoms in total. The van der Waals surface area contributed by atoms with Crippen LogP contribution in [-0.4, -0.2) is 48.8 Å². The summed E-state index contributed by atoms with van der Waals surface area (Å²) in [7, 11) is 1.65. The van der Waals surface area contributed by atoms with Crippen LogP contribution < -0.4 is 10.1 Å². The van der Waals surface area contributed by atoms with Gasteiger partial charge in [0.1, 0.15) is 5.75 Å². The molecule has 5 heteroatoms. The van der Waals surface area contributed by atoms with Crippen molar-refractivity contribution in [1.82, 2.24) is 10.2 Å². The molecule has 1 aliphatic heterocycles. The number of thioether (sulfide) groups is 1. The van der Waals surface area contributed by atoms with Gasteiger partial charge in [-0.15, -0.1) is 11.8 Å². The average molecular weight is 337 g/mol. The zero-order chi connectivity index (χ0) is 16.8. The summed E-state index contributed by atoms with van der Waals surface area (Å²) < 4.78 is 5.15. The van der Waals surface area contributed by atoms with Crippen molar-refractivity contribution < 1.29 is 9.53 Å². The van der Waals surface area contributed by atoms with Crippen LogP contribution in [0.5, 0.6) is 5.75 Å². The molecular weight excluding hydrogens is 308 g/mol. The minimum atomic E-state index is -0.0917. The molecule has 0 unspecified atom stereocenters. The SMILES string of the molecule is COc1ccc(S[C@@H](C)C(=O)NC[C@H]2CCN(C(C)C)C2)cc1. The van der Waals surface area contributed by atoms with Gasteiger partial charge in [0.25, 0.3) is 0 Å². The van der Waals surface area contributed by atoms with E-state index < -0.39 is 0 Å². The number of carbonyl (C=O) groups is 1. The fourth-order valence-corrected chi connectivity index (χ4v) is 3.69. The lowest BCUT2D eigenvalue weighted by atomic mass is 10.1. The molecule has 0 saturated carbocycles. The van der Waals surface area contributed by atoms with Gasteiger partial charge in [-0.1, -0.05) is 0 Å². The zero-order valence-corrected chi connectivity index (χ0v) is 15.4. The Hall–Kier alpha value is -1.20. The molecule has 23 heavy (non-hydrogen) atoms. The molecule has 1 amide bonds. The van der Waals surface area contributed by atoms with Gasteiger partial charge in [0.15, 0.2) is 0 Å². The van der Waals surface area contributed by atoms with E-state index in [-0.39, 0.29) is 11.2 Å². The Morgan fingerprint density at radius 3 is 2.61 bits per heavy atom. The van der Waals surface area contributed by atoms with Gasteiger partial charge in [0, 0.05) is 24.0 Å². The minimum Gasteiger partial charge on any atom is -0.497 e. The van der Waals surface area contributed by atoms with E-state index in [0.717, 1.165) is 30.3 Å². The molecule has 2 atom stereocenters. The van der Waals surface area contributed by atoms with E-state index in [9.17, 15) is 4.79 Å². The molecule has 0 spiro atoms. The molecule has 1 fully saturated rings. The Balaban J connectivity index is 1.74. The molecule has 0 radical (unpaired) electrons. The lowest BCUT2D eigenvalue weighted by Gasteiger charge is -2.20. The lowest BCUT2D eigenvalue weighted by molar-refractivity contribution is -0.120. The number of amides is 1. The summed E-state index contributed by atoms with van der Waals surface area (Å²) in [6, 6.07) is 8.42. The number of rotatable bonds is 7. The standard InChI is InChI=1S/C18H28N2O2S/c1-13(2)20-10-9-15(12-20)11-19-18(21)14(3)23-17-7-5-16(22-4)6-8-17/h5-8,13-15H,9-12H2,1-4H3,(H,19,21)/t14-,15+/m0/s1. The highest BCUT2D eigenvalue weighted by molar-refractivity contribution is 8.00. The van der Waals surface area contributed by atoms with Gasteiger partial charge < -0.3 is 15.0 Å². The van der Waals surface area contributed by atoms with Crippen molar-refractivity contribution in [1.29, 1.82) is 0 Å². The Morgan fingerprint density at radius 1 is 1.35 bits per heavy atom. The van der Waals surface area contributed by atoms with Crippen LogP contribution in [0.25, 0.3) is 0 Å². The first kappa shape index (κ1) is 18.1. The Kier molecular flexibility index (Phi) is 6.78. The quantitative estimate of drug-likeness (QED) is 0.777. The van der Waals surface area contributed by atoms with E-state index in [1.54, 1.807) is 18.9 Å². The molecule has 2 rings (SSSR count). The summed E-state index contributed by atoms with van der Waals surface area (Å²) in [6.07, 6.45) is 1.18. The number of nitrogens with one attached hydrogen (secondary N) is 1. The van der Waals surface area contributed by atoms with E-state index in [4.69, 9.17) is 4.74 Å². The van der Waals surface area contributed by atoms with Crippen LogP contribution in [0.2, 0.25) is 0 Å². The van der Waals surface area contributed by atoms with Gasteiger partial charge in [-0.05, 0) is 63.9 Å². The molecule has 1 aromatic carbocycles. The maximum Gasteiger partial charge on any atom is 0.233 e. The van der Waals surface area contributed by atoms with Gasteiger partial charge in [-0.25, -0.2) is 0 Å². The molecular formula is C18H28N2O2S. The predicted molar refractivity (Wildman–Crippen MR) is 96.1 cm³/mol. The Labute approximate surface area is 144 Å². The molecule has 0 aliphatic carbocycles. The molecule has 1 saturated heterocycles. The topological polar surface area (TPSA) is 41.6 Å². The Bertz CT molecular complexity index is 504. The van der Waals surface area contributed by atoms with E-state index in [1.807, 2.05) is 31.2 Å². The lowest BCUT2D eigenvalue weighted by Crippen LogP contribution is -2.36. The number of methoxy groups -OCH3 is 1. The number of hydrogen-bond acceptors (Lipinski definition) is 4. The third-order valence-corrected chi connectivity index (χ3v) is 5.47. The van der Waals surface area contributed by atoms with Crippen LogP contribution in [0, 0.1) is 5.92 Å². The minimum absolute atomic E-state index is 0.0917. The van der Waals surface area contributed by atoms with E-state index in [1.165, 1.54) is 6.42 Å². The van der Waals surface area contributed by atoms with Crippen LogP contribution in [-0.2, 0) is 4.79 Å². The fraction of sp³-hybridized carbons (Fsp3) is 0.611. The van der Waals surface area contributed by atoms with Gasteiger partial charge in [-0.3, -0.25) is 4.79 Å². The van der Waals surface area contributed by atoms with Crippen molar-refractivity contribution in [2.24, 2.45) is 5.92 Å². The number of likely N-dealkylation sites (tertiary alicyclic amines) is 1. The van der Waals surface area contributed by atoms with Crippen molar-refractivity contribution in [3.63, 3.8) is 0 Å². The predicted octanol–water partition coefficient (Wildman–Crippen LogP) is 3.02. The van der Waals surface area contributed by atoms with E-state index in [2.05, 4.69) is 24.1 Å². The van der Waals surface area contributed by atoms with Crippen molar-refractivity contribution >= 4 is 17.7 Å². The third-order valence-electron chi connectivity index (χ3n) is 4.35. The summed E-state index contributed by atoms with van der Waals surface area (Å²) in [5.41, 5.74) is 0. The number of ether oxygens (including phenoxy) is 1. The second-order valence-corrected chi connectivity index (χ2v) is 7.84. The molecule has 0 aromatic heterocycles. The van der Waals surface area contributed by atoms with Crippen LogP contribution >= 0.6 is 11.8 Å². The van der Waals surface area contributed by atoms with Gasteiger partial charge in [0.05, 0.1) is 12.4 Å². The van der Waals surface area contributed by atoms with Crippen molar-refractivity contribution in [2.75, 3.05) is 26.7 Å². The first-order valence-electron chi connectivity index (χ1n) is 8.32. The average Bonchev–Trinajstić information content (AvgIpc) is 3.02. The van der Waals surface area contributed by atoms with Crippen molar-refractivity contribution in [3.8, 4) is 5.75 Å². The smallest absolute Gasteiger partial charge is 0.233 e. The van der Waals surface area contributed by atoms with Gasteiger partial charge >= 0.3 is 0 Å². The maximum atomic E-state index is 12.3. The third kappa shape index (κ3) is 5.43. The first-order valence-corrected chi connectivity index (χ1v) is 9.20. The molecule has 0 bridgehead atoms. The van der Waals surface area contributed by atoms with Crippen LogP contribution in [0.15, 0.2) is 29.2 Å². The molecule has 1 heterocycles. The second-order valence-electron chi connectivity index (χ2n) is 6.42. The number of hydrogen-bond donors (Lipinski definition) is 1. The monoisotopic (exact) mass is 336 g/mol. The fourth-order valence-electron chi connectivity index (χ4n) is 2.80. The van der Waals surface area contributed by atoms with Gasteiger partial charge in [-0.2, -0.15) is 0 Å². The van der Waals surface area contributed by atoms with E-state index in [0.29, 0.717) is 12.0 Å². The normalized spacial score (nSPS) is 19.8. The first-order chi connectivity index (χ1) is 11.0. The molecule has 1 N–H and O–H groups in total. The number of carbonyl (C=O) groups excluding carboxylic acids is 1. The van der Waals surface area contributed by atoms with Gasteiger partial charge in [0.2, 0.25) is 5.91 Å². The molecule has 128 valence electrons. The number of nitrogens with zero attached hydrogens (tertiary/aromatic N) is 1. The maximum absolute atomic E-state index is 12.3. The zero-order valence-electron chi connectivity index (χ0n) is 14.5. The summed E-state index contributed by atoms with van der Waals surface area (Å²) in [5.74, 6) is 1.54. The molecule has 1 aliphatic rings. The highest BCUT2D eigenvalue weighted by Crippen LogP contribution is 2.25. The van der Waals surface area contributed by atoms with Crippen molar-refractivity contribution in [3.05, 3.63) is 24.3 Å². The largest absolute Gasteiger partial charge is 0.497 e. The van der Waals surface area contributed by atoms with Crippen LogP contribution in [0.4, 0.5) is 0 Å². The second kappa shape index (κ2) is 8.60. The Morgan fingerprint density at radius 2 is 2.04 bits per heavy atom. The van der Waals surface area contributed by atoms with Crippen LogP contribution in [0.1, 0.15) is 27.2 Å². The number of benzene rings is 1. The highest BCUT2D eigenvalue weighted by Gasteiger charge is 2.25. The summed E-state index contributed by atoms with van der Waals surface area (Å²) in [5, 5.41) is 3.02. The summed E-state index contributed by atoms with van der Waals surface area (Å²) >= 11 is 1.58. The highest BCUT2D eigenvalue weighted by atomic mass is 32.2. The van der Waals surface area contributed by atoms with Crippen LogP contribution in [0.3, 0.4) is 0 Å². The van der Waals surface area contributed by atoms with E-state index >= 15 is 0 Å².